The van der Waals surface area contributed by atoms with E-state index in [1.54, 1.807) is 18.6 Å². The van der Waals surface area contributed by atoms with Gasteiger partial charge in [0.05, 0.1) is 12.5 Å². The zero-order valence-corrected chi connectivity index (χ0v) is 9.42. The maximum atomic E-state index is 10.1. The van der Waals surface area contributed by atoms with Gasteiger partial charge in [0.15, 0.2) is 0 Å². The summed E-state index contributed by atoms with van der Waals surface area (Å²) in [5.41, 5.74) is 2.71. The van der Waals surface area contributed by atoms with Gasteiger partial charge < -0.3 is 14.4 Å². The zero-order valence-electron chi connectivity index (χ0n) is 9.42. The molecule has 0 saturated heterocycles. The third-order valence-corrected chi connectivity index (χ3v) is 2.56. The van der Waals surface area contributed by atoms with E-state index in [4.69, 9.17) is 4.42 Å². The highest BCUT2D eigenvalue weighted by Crippen LogP contribution is 2.25. The van der Waals surface area contributed by atoms with Crippen molar-refractivity contribution in [3.05, 3.63) is 54.0 Å². The number of furan rings is 1. The molecular weight excluding hydrogens is 202 g/mol. The van der Waals surface area contributed by atoms with Crippen molar-refractivity contribution < 1.29 is 9.52 Å². The Labute approximate surface area is 94.9 Å². The molecule has 0 aliphatic rings. The highest BCUT2D eigenvalue weighted by Gasteiger charge is 2.12. The summed E-state index contributed by atoms with van der Waals surface area (Å²) in [5.74, 6) is 0. The molecule has 16 heavy (non-hydrogen) atoms. The summed E-state index contributed by atoms with van der Waals surface area (Å²) in [5, 5.41) is 10.1. The molecule has 1 unspecified atom stereocenters. The van der Waals surface area contributed by atoms with Crippen LogP contribution >= 0.6 is 0 Å². The van der Waals surface area contributed by atoms with E-state index in [9.17, 15) is 5.11 Å². The Hall–Kier alpha value is -1.74. The first-order valence-corrected chi connectivity index (χ1v) is 5.16. The van der Waals surface area contributed by atoms with Gasteiger partial charge in [-0.15, -0.1) is 0 Å². The number of nitrogens with zero attached hydrogens (tertiary/aromatic N) is 1. The van der Waals surface area contributed by atoms with E-state index in [0.717, 1.165) is 16.8 Å². The van der Waals surface area contributed by atoms with Gasteiger partial charge in [0.25, 0.3) is 0 Å². The maximum absolute atomic E-state index is 10.1. The third kappa shape index (κ3) is 2.09. The van der Waals surface area contributed by atoms with E-state index in [2.05, 4.69) is 0 Å². The molecule has 1 heterocycles. The van der Waals surface area contributed by atoms with Gasteiger partial charge in [0.1, 0.15) is 6.10 Å². The summed E-state index contributed by atoms with van der Waals surface area (Å²) >= 11 is 0. The first kappa shape index (κ1) is 10.8. The Morgan fingerprint density at radius 1 is 1.19 bits per heavy atom. The van der Waals surface area contributed by atoms with Crippen LogP contribution in [0, 0.1) is 0 Å². The van der Waals surface area contributed by atoms with Crippen molar-refractivity contribution in [2.45, 2.75) is 6.10 Å². The summed E-state index contributed by atoms with van der Waals surface area (Å²) in [6.07, 6.45) is 2.50. The van der Waals surface area contributed by atoms with E-state index >= 15 is 0 Å². The van der Waals surface area contributed by atoms with Gasteiger partial charge in [-0.2, -0.15) is 0 Å². The molecule has 2 aromatic rings. The molecule has 1 N–H and O–H groups in total. The van der Waals surface area contributed by atoms with Crippen molar-refractivity contribution in [3.63, 3.8) is 0 Å². The molecule has 84 valence electrons. The first-order valence-electron chi connectivity index (χ1n) is 5.16. The highest BCUT2D eigenvalue weighted by molar-refractivity contribution is 5.48. The average molecular weight is 217 g/mol. The second kappa shape index (κ2) is 4.41. The average Bonchev–Trinajstić information content (AvgIpc) is 2.81. The number of hydrogen-bond acceptors (Lipinski definition) is 3. The third-order valence-electron chi connectivity index (χ3n) is 2.56. The number of anilines is 1. The molecule has 0 radical (unpaired) electrons. The molecule has 1 atom stereocenters. The molecule has 0 amide bonds. The van der Waals surface area contributed by atoms with Crippen LogP contribution in [0.1, 0.15) is 17.2 Å². The van der Waals surface area contributed by atoms with Crippen molar-refractivity contribution >= 4 is 5.69 Å². The van der Waals surface area contributed by atoms with Gasteiger partial charge in [0.2, 0.25) is 0 Å². The standard InChI is InChI=1S/C13H15NO2/c1-14(2)12-5-3-4-10(8-12)13(15)11-6-7-16-9-11/h3-9,13,15H,1-2H3. The Morgan fingerprint density at radius 2 is 2.00 bits per heavy atom. The first-order chi connectivity index (χ1) is 7.68. The van der Waals surface area contributed by atoms with E-state index in [0.29, 0.717) is 0 Å². The van der Waals surface area contributed by atoms with E-state index in [-0.39, 0.29) is 0 Å². The van der Waals surface area contributed by atoms with Gasteiger partial charge >= 0.3 is 0 Å². The van der Waals surface area contributed by atoms with E-state index < -0.39 is 6.10 Å². The molecule has 3 heteroatoms. The van der Waals surface area contributed by atoms with Crippen molar-refractivity contribution in [1.29, 1.82) is 0 Å². The molecule has 1 aromatic heterocycles. The molecule has 1 aromatic carbocycles. The second-order valence-corrected chi connectivity index (χ2v) is 3.95. The lowest BCUT2D eigenvalue weighted by Crippen LogP contribution is -2.09. The van der Waals surface area contributed by atoms with Crippen LogP contribution < -0.4 is 4.90 Å². The zero-order chi connectivity index (χ0) is 11.5. The summed E-state index contributed by atoms with van der Waals surface area (Å²) < 4.78 is 4.96. The Bertz CT molecular complexity index is 449. The minimum atomic E-state index is -0.626. The summed E-state index contributed by atoms with van der Waals surface area (Å²) in [7, 11) is 3.95. The number of rotatable bonds is 3. The van der Waals surface area contributed by atoms with Gasteiger partial charge in [-0.1, -0.05) is 12.1 Å². The minimum Gasteiger partial charge on any atom is -0.472 e. The molecular formula is C13H15NO2. The van der Waals surface area contributed by atoms with Crippen LogP contribution in [-0.2, 0) is 0 Å². The predicted octanol–water partition coefficient (Wildman–Crippen LogP) is 2.43. The molecule has 0 aliphatic heterocycles. The van der Waals surface area contributed by atoms with Crippen LogP contribution in [0.2, 0.25) is 0 Å². The quantitative estimate of drug-likeness (QED) is 0.857. The van der Waals surface area contributed by atoms with E-state index in [1.165, 1.54) is 0 Å². The van der Waals surface area contributed by atoms with Gasteiger partial charge in [-0.25, -0.2) is 0 Å². The van der Waals surface area contributed by atoms with Crippen molar-refractivity contribution in [3.8, 4) is 0 Å². The number of aliphatic hydroxyl groups is 1. The molecule has 2 rings (SSSR count). The lowest BCUT2D eigenvalue weighted by atomic mass is 10.0. The Kier molecular flexibility index (Phi) is 2.97. The number of benzene rings is 1. The number of hydrogen-bond donors (Lipinski definition) is 1. The Balaban J connectivity index is 2.30. The monoisotopic (exact) mass is 217 g/mol. The minimum absolute atomic E-state index is 0.626. The SMILES string of the molecule is CN(C)c1cccc(C(O)c2ccoc2)c1. The van der Waals surface area contributed by atoms with E-state index in [1.807, 2.05) is 43.3 Å². The van der Waals surface area contributed by atoms with Crippen LogP contribution in [0.4, 0.5) is 5.69 Å². The molecule has 0 bridgehead atoms. The topological polar surface area (TPSA) is 36.6 Å². The molecule has 3 nitrogen and oxygen atoms in total. The van der Waals surface area contributed by atoms with Gasteiger partial charge in [0, 0.05) is 25.3 Å². The fraction of sp³-hybridized carbons (Fsp3) is 0.231. The fourth-order valence-corrected chi connectivity index (χ4v) is 1.60. The fourth-order valence-electron chi connectivity index (χ4n) is 1.60. The van der Waals surface area contributed by atoms with Crippen molar-refractivity contribution in [1.82, 2.24) is 0 Å². The molecule has 0 aliphatic carbocycles. The van der Waals surface area contributed by atoms with Crippen LogP contribution in [0.3, 0.4) is 0 Å². The van der Waals surface area contributed by atoms with Crippen LogP contribution in [0.5, 0.6) is 0 Å². The van der Waals surface area contributed by atoms with Crippen molar-refractivity contribution in [2.24, 2.45) is 0 Å². The van der Waals surface area contributed by atoms with Crippen LogP contribution in [-0.4, -0.2) is 19.2 Å². The predicted molar refractivity (Wildman–Crippen MR) is 63.5 cm³/mol. The smallest absolute Gasteiger partial charge is 0.107 e. The maximum Gasteiger partial charge on any atom is 0.107 e. The second-order valence-electron chi connectivity index (χ2n) is 3.95. The lowest BCUT2D eigenvalue weighted by molar-refractivity contribution is 0.219. The molecule has 0 saturated carbocycles. The van der Waals surface area contributed by atoms with Gasteiger partial charge in [-0.05, 0) is 23.8 Å². The highest BCUT2D eigenvalue weighted by atomic mass is 16.3. The van der Waals surface area contributed by atoms with Crippen molar-refractivity contribution in [2.75, 3.05) is 19.0 Å². The Morgan fingerprint density at radius 3 is 2.62 bits per heavy atom. The van der Waals surface area contributed by atoms with Crippen LogP contribution in [0.15, 0.2) is 47.3 Å². The number of aliphatic hydroxyl groups excluding tert-OH is 1. The molecule has 0 fully saturated rings. The summed E-state index contributed by atoms with van der Waals surface area (Å²) in [4.78, 5) is 2.01. The molecule has 0 spiro atoms. The summed E-state index contributed by atoms with van der Waals surface area (Å²) in [6, 6.07) is 9.59. The largest absolute Gasteiger partial charge is 0.472 e. The van der Waals surface area contributed by atoms with Crippen LogP contribution in [0.25, 0.3) is 0 Å². The van der Waals surface area contributed by atoms with Gasteiger partial charge in [-0.3, -0.25) is 0 Å². The summed E-state index contributed by atoms with van der Waals surface area (Å²) in [6.45, 7) is 0. The normalized spacial score (nSPS) is 12.4. The lowest BCUT2D eigenvalue weighted by Gasteiger charge is -2.15.